The smallest absolute Gasteiger partial charge is 0.134 e. The van der Waals surface area contributed by atoms with E-state index in [9.17, 15) is 0 Å². The third-order valence-electron chi connectivity index (χ3n) is 3.16. The highest BCUT2D eigenvalue weighted by Crippen LogP contribution is 2.35. The van der Waals surface area contributed by atoms with Gasteiger partial charge in [0.25, 0.3) is 0 Å². The third-order valence-corrected chi connectivity index (χ3v) is 3.16. The number of nitrogens with zero attached hydrogens (tertiary/aromatic N) is 1. The second kappa shape index (κ2) is 4.27. The lowest BCUT2D eigenvalue weighted by Crippen LogP contribution is -1.99. The van der Waals surface area contributed by atoms with Crippen LogP contribution in [-0.2, 0) is 6.54 Å². The van der Waals surface area contributed by atoms with Gasteiger partial charge >= 0.3 is 0 Å². The van der Waals surface area contributed by atoms with Crippen LogP contribution in [-0.4, -0.2) is 4.98 Å². The summed E-state index contributed by atoms with van der Waals surface area (Å²) in [6.45, 7) is 2.46. The summed E-state index contributed by atoms with van der Waals surface area (Å²) in [7, 11) is 0. The number of hydrogen-bond acceptors (Lipinski definition) is 3. The molecule has 1 aromatic carbocycles. The standard InChI is InChI=1S/C15H14N2O/c1-10-15(12-6-7-17-9-11(12)8-16)13-4-2-3-5-14(13)18-10/h2-7,9H,8,16H2,1H3. The van der Waals surface area contributed by atoms with Crippen LogP contribution in [0.1, 0.15) is 11.3 Å². The van der Waals surface area contributed by atoms with Crippen molar-refractivity contribution in [2.24, 2.45) is 5.73 Å². The zero-order chi connectivity index (χ0) is 12.5. The maximum absolute atomic E-state index is 5.79. The Morgan fingerprint density at radius 1 is 1.22 bits per heavy atom. The number of rotatable bonds is 2. The number of pyridine rings is 1. The predicted molar refractivity (Wildman–Crippen MR) is 72.1 cm³/mol. The zero-order valence-corrected chi connectivity index (χ0v) is 10.2. The molecule has 3 nitrogen and oxygen atoms in total. The highest BCUT2D eigenvalue weighted by molar-refractivity contribution is 5.96. The summed E-state index contributed by atoms with van der Waals surface area (Å²) in [4.78, 5) is 4.13. The van der Waals surface area contributed by atoms with E-state index >= 15 is 0 Å². The van der Waals surface area contributed by atoms with E-state index in [0.717, 1.165) is 33.4 Å². The first-order chi connectivity index (χ1) is 8.81. The molecule has 0 spiro atoms. The van der Waals surface area contributed by atoms with Crippen molar-refractivity contribution in [2.75, 3.05) is 0 Å². The first kappa shape index (κ1) is 11.0. The fraction of sp³-hybridized carbons (Fsp3) is 0.133. The van der Waals surface area contributed by atoms with Crippen LogP contribution >= 0.6 is 0 Å². The Hall–Kier alpha value is -2.13. The molecule has 0 aliphatic heterocycles. The summed E-state index contributed by atoms with van der Waals surface area (Å²) in [6.07, 6.45) is 3.60. The Kier molecular flexibility index (Phi) is 2.61. The Bertz CT molecular complexity index is 701. The lowest BCUT2D eigenvalue weighted by molar-refractivity contribution is 0.580. The summed E-state index contributed by atoms with van der Waals surface area (Å²) >= 11 is 0. The predicted octanol–water partition coefficient (Wildman–Crippen LogP) is 3.26. The Labute approximate surface area is 105 Å². The number of hydrogen-bond donors (Lipinski definition) is 1. The van der Waals surface area contributed by atoms with Crippen molar-refractivity contribution in [2.45, 2.75) is 13.5 Å². The van der Waals surface area contributed by atoms with Crippen LogP contribution in [0.4, 0.5) is 0 Å². The number of aromatic nitrogens is 1. The van der Waals surface area contributed by atoms with Crippen molar-refractivity contribution >= 4 is 11.0 Å². The normalized spacial score (nSPS) is 11.0. The molecule has 2 heterocycles. The molecule has 90 valence electrons. The minimum atomic E-state index is 0.474. The molecule has 0 saturated heterocycles. The monoisotopic (exact) mass is 238 g/mol. The quantitative estimate of drug-likeness (QED) is 0.745. The van der Waals surface area contributed by atoms with Gasteiger partial charge in [0.05, 0.1) is 0 Å². The first-order valence-electron chi connectivity index (χ1n) is 5.92. The van der Waals surface area contributed by atoms with Crippen LogP contribution in [0, 0.1) is 6.92 Å². The van der Waals surface area contributed by atoms with Gasteiger partial charge in [-0.2, -0.15) is 0 Å². The van der Waals surface area contributed by atoms with Crippen molar-refractivity contribution in [1.29, 1.82) is 0 Å². The van der Waals surface area contributed by atoms with Gasteiger partial charge in [-0.15, -0.1) is 0 Å². The lowest BCUT2D eigenvalue weighted by atomic mass is 9.99. The van der Waals surface area contributed by atoms with Crippen LogP contribution in [0.5, 0.6) is 0 Å². The average Bonchev–Trinajstić information content (AvgIpc) is 2.74. The van der Waals surface area contributed by atoms with E-state index in [1.54, 1.807) is 6.20 Å². The largest absolute Gasteiger partial charge is 0.461 e. The maximum Gasteiger partial charge on any atom is 0.134 e. The molecule has 2 N–H and O–H groups in total. The van der Waals surface area contributed by atoms with E-state index in [2.05, 4.69) is 11.1 Å². The third kappa shape index (κ3) is 1.60. The molecule has 0 aliphatic carbocycles. The van der Waals surface area contributed by atoms with Gasteiger partial charge in [-0.25, -0.2) is 0 Å². The summed E-state index contributed by atoms with van der Waals surface area (Å²) in [5.74, 6) is 0.914. The highest BCUT2D eigenvalue weighted by atomic mass is 16.3. The van der Waals surface area contributed by atoms with Gasteiger partial charge in [-0.3, -0.25) is 4.98 Å². The van der Waals surface area contributed by atoms with Crippen molar-refractivity contribution in [3.8, 4) is 11.1 Å². The molecule has 0 amide bonds. The lowest BCUT2D eigenvalue weighted by Gasteiger charge is -2.06. The SMILES string of the molecule is Cc1oc2ccccc2c1-c1ccncc1CN. The molecule has 0 bridgehead atoms. The Morgan fingerprint density at radius 2 is 2.06 bits per heavy atom. The molecule has 0 atom stereocenters. The molecule has 0 saturated carbocycles. The van der Waals surface area contributed by atoms with Gasteiger partial charge in [0, 0.05) is 29.9 Å². The summed E-state index contributed by atoms with van der Waals surface area (Å²) < 4.78 is 5.79. The van der Waals surface area contributed by atoms with Gasteiger partial charge in [0.15, 0.2) is 0 Å². The van der Waals surface area contributed by atoms with E-state index < -0.39 is 0 Å². The molecule has 3 aromatic rings. The van der Waals surface area contributed by atoms with Crippen LogP contribution in [0.25, 0.3) is 22.1 Å². The zero-order valence-electron chi connectivity index (χ0n) is 10.2. The number of furan rings is 1. The summed E-state index contributed by atoms with van der Waals surface area (Å²) in [6, 6.07) is 10.0. The number of para-hydroxylation sites is 1. The Balaban J connectivity index is 2.34. The molecule has 18 heavy (non-hydrogen) atoms. The summed E-state index contributed by atoms with van der Waals surface area (Å²) in [5, 5.41) is 1.12. The minimum Gasteiger partial charge on any atom is -0.461 e. The van der Waals surface area contributed by atoms with Crippen LogP contribution in [0.3, 0.4) is 0 Å². The number of nitrogens with two attached hydrogens (primary N) is 1. The molecule has 2 aromatic heterocycles. The van der Waals surface area contributed by atoms with E-state index in [1.165, 1.54) is 0 Å². The fourth-order valence-electron chi connectivity index (χ4n) is 2.34. The van der Waals surface area contributed by atoms with E-state index in [0.29, 0.717) is 6.54 Å². The molecule has 0 radical (unpaired) electrons. The molecule has 0 fully saturated rings. The molecule has 0 unspecified atom stereocenters. The van der Waals surface area contributed by atoms with Crippen molar-refractivity contribution in [3.63, 3.8) is 0 Å². The average molecular weight is 238 g/mol. The van der Waals surface area contributed by atoms with Crippen molar-refractivity contribution < 1.29 is 4.42 Å². The molecular weight excluding hydrogens is 224 g/mol. The highest BCUT2D eigenvalue weighted by Gasteiger charge is 2.14. The van der Waals surface area contributed by atoms with Crippen LogP contribution in [0.15, 0.2) is 47.1 Å². The van der Waals surface area contributed by atoms with E-state index in [-0.39, 0.29) is 0 Å². The van der Waals surface area contributed by atoms with Crippen LogP contribution < -0.4 is 5.73 Å². The Morgan fingerprint density at radius 3 is 2.89 bits per heavy atom. The van der Waals surface area contributed by atoms with Crippen molar-refractivity contribution in [1.82, 2.24) is 4.98 Å². The number of aryl methyl sites for hydroxylation is 1. The minimum absolute atomic E-state index is 0.474. The molecule has 0 aliphatic rings. The second-order valence-electron chi connectivity index (χ2n) is 4.27. The van der Waals surface area contributed by atoms with E-state index in [4.69, 9.17) is 10.2 Å². The van der Waals surface area contributed by atoms with Crippen LogP contribution in [0.2, 0.25) is 0 Å². The van der Waals surface area contributed by atoms with Gasteiger partial charge in [0.1, 0.15) is 11.3 Å². The molecule has 3 heteroatoms. The fourth-order valence-corrected chi connectivity index (χ4v) is 2.34. The van der Waals surface area contributed by atoms with Gasteiger partial charge < -0.3 is 10.2 Å². The topological polar surface area (TPSA) is 52.0 Å². The van der Waals surface area contributed by atoms with Gasteiger partial charge in [-0.05, 0) is 30.2 Å². The number of fused-ring (bicyclic) bond motifs is 1. The summed E-state index contributed by atoms with van der Waals surface area (Å²) in [5.41, 5.74) is 9.95. The molecule has 3 rings (SSSR count). The van der Waals surface area contributed by atoms with E-state index in [1.807, 2.05) is 37.4 Å². The second-order valence-corrected chi connectivity index (χ2v) is 4.27. The van der Waals surface area contributed by atoms with Gasteiger partial charge in [-0.1, -0.05) is 18.2 Å². The maximum atomic E-state index is 5.79. The number of benzene rings is 1. The van der Waals surface area contributed by atoms with Gasteiger partial charge in [0.2, 0.25) is 0 Å². The van der Waals surface area contributed by atoms with Crippen molar-refractivity contribution in [3.05, 3.63) is 54.0 Å². The first-order valence-corrected chi connectivity index (χ1v) is 5.92. The molecular formula is C15H14N2O.